The Bertz CT molecular complexity index is 389. The summed E-state index contributed by atoms with van der Waals surface area (Å²) in [7, 11) is 0. The van der Waals surface area contributed by atoms with Gasteiger partial charge in [-0.1, -0.05) is 23.3 Å². The summed E-state index contributed by atoms with van der Waals surface area (Å²) in [6.45, 7) is 5.67. The van der Waals surface area contributed by atoms with Crippen molar-refractivity contribution in [2.24, 2.45) is 5.11 Å². The van der Waals surface area contributed by atoms with Crippen LogP contribution in [0.4, 0.5) is 11.4 Å². The molecule has 0 aliphatic carbocycles. The molecule has 1 aromatic carbocycles. The van der Waals surface area contributed by atoms with Crippen LogP contribution in [0.15, 0.2) is 29.9 Å². The molecule has 1 aromatic rings. The van der Waals surface area contributed by atoms with Crippen molar-refractivity contribution >= 4 is 16.9 Å². The number of anilines is 1. The Morgan fingerprint density at radius 3 is 2.77 bits per heavy atom. The monoisotopic (exact) mass is 174 g/mol. The van der Waals surface area contributed by atoms with E-state index in [0.717, 1.165) is 11.1 Å². The molecule has 0 heterocycles. The van der Waals surface area contributed by atoms with Gasteiger partial charge in [-0.25, -0.2) is 0 Å². The van der Waals surface area contributed by atoms with E-state index in [4.69, 9.17) is 11.3 Å². The van der Waals surface area contributed by atoms with E-state index in [2.05, 4.69) is 16.6 Å². The number of nitrogen functional groups attached to an aromatic ring is 1. The highest BCUT2D eigenvalue weighted by atomic mass is 15.1. The average Bonchev–Trinajstić information content (AvgIpc) is 2.08. The number of allylic oxidation sites excluding steroid dienone is 1. The van der Waals surface area contributed by atoms with Gasteiger partial charge in [0, 0.05) is 10.6 Å². The summed E-state index contributed by atoms with van der Waals surface area (Å²) < 4.78 is 0. The number of hydrogen-bond acceptors (Lipinski definition) is 2. The minimum Gasteiger partial charge on any atom is -0.398 e. The molecule has 4 nitrogen and oxygen atoms in total. The first kappa shape index (κ1) is 9.16. The Labute approximate surface area is 76.3 Å². The number of azide groups is 1. The molecule has 0 atom stereocenters. The summed E-state index contributed by atoms with van der Waals surface area (Å²) in [6, 6.07) is 5.24. The van der Waals surface area contributed by atoms with Crippen LogP contribution in [0, 0.1) is 0 Å². The van der Waals surface area contributed by atoms with Crippen LogP contribution >= 0.6 is 0 Å². The number of nitrogens with two attached hydrogens (primary N) is 1. The standard InChI is InChI=1S/C9H10N4/c1-6(2)7-3-4-9(12-13-11)8(10)5-7/h3-5H,1,10H2,2H3. The molecule has 0 radical (unpaired) electrons. The number of rotatable bonds is 2. The number of hydrogen-bond donors (Lipinski definition) is 1. The molecule has 4 heteroatoms. The Kier molecular flexibility index (Phi) is 2.57. The second-order valence-electron chi connectivity index (χ2n) is 2.74. The van der Waals surface area contributed by atoms with Crippen LogP contribution in [0.2, 0.25) is 0 Å². The molecule has 13 heavy (non-hydrogen) atoms. The summed E-state index contributed by atoms with van der Waals surface area (Å²) in [5, 5.41) is 3.43. The van der Waals surface area contributed by atoms with Crippen molar-refractivity contribution in [3.8, 4) is 0 Å². The van der Waals surface area contributed by atoms with E-state index in [1.54, 1.807) is 12.1 Å². The quantitative estimate of drug-likeness (QED) is 0.318. The minimum absolute atomic E-state index is 0.451. The zero-order chi connectivity index (χ0) is 9.84. The van der Waals surface area contributed by atoms with Gasteiger partial charge in [0.1, 0.15) is 0 Å². The first-order valence-electron chi connectivity index (χ1n) is 3.75. The molecular weight excluding hydrogens is 164 g/mol. The predicted molar refractivity (Wildman–Crippen MR) is 54.4 cm³/mol. The lowest BCUT2D eigenvalue weighted by molar-refractivity contribution is 1.46. The van der Waals surface area contributed by atoms with E-state index in [1.807, 2.05) is 13.0 Å². The smallest absolute Gasteiger partial charge is 0.0605 e. The van der Waals surface area contributed by atoms with E-state index in [0.29, 0.717) is 11.4 Å². The van der Waals surface area contributed by atoms with Gasteiger partial charge in [0.25, 0.3) is 0 Å². The lowest BCUT2D eigenvalue weighted by Gasteiger charge is -2.03. The summed E-state index contributed by atoms with van der Waals surface area (Å²) in [6.07, 6.45) is 0. The molecule has 0 aliphatic rings. The number of nitrogens with zero attached hydrogens (tertiary/aromatic N) is 3. The second-order valence-corrected chi connectivity index (χ2v) is 2.74. The summed E-state index contributed by atoms with van der Waals surface area (Å²) in [5.41, 5.74) is 16.7. The van der Waals surface area contributed by atoms with Crippen molar-refractivity contribution in [2.75, 3.05) is 5.73 Å². The third-order valence-electron chi connectivity index (χ3n) is 1.67. The fraction of sp³-hybridized carbons (Fsp3) is 0.111. The molecule has 1 rings (SSSR count). The molecule has 0 fully saturated rings. The third kappa shape index (κ3) is 2.01. The van der Waals surface area contributed by atoms with E-state index < -0.39 is 0 Å². The fourth-order valence-corrected chi connectivity index (χ4v) is 0.959. The maximum atomic E-state index is 8.21. The lowest BCUT2D eigenvalue weighted by atomic mass is 10.1. The largest absolute Gasteiger partial charge is 0.398 e. The molecule has 0 saturated carbocycles. The molecule has 66 valence electrons. The fourth-order valence-electron chi connectivity index (χ4n) is 0.959. The molecule has 0 amide bonds. The molecular formula is C9H10N4. The van der Waals surface area contributed by atoms with Crippen molar-refractivity contribution in [1.29, 1.82) is 0 Å². The SMILES string of the molecule is C=C(C)c1ccc(N=[N+]=[N-])c(N)c1. The van der Waals surface area contributed by atoms with E-state index in [9.17, 15) is 0 Å². The number of benzene rings is 1. The van der Waals surface area contributed by atoms with Gasteiger partial charge in [-0.15, -0.1) is 0 Å². The van der Waals surface area contributed by atoms with Gasteiger partial charge in [0.2, 0.25) is 0 Å². The minimum atomic E-state index is 0.451. The maximum Gasteiger partial charge on any atom is 0.0605 e. The van der Waals surface area contributed by atoms with Crippen molar-refractivity contribution < 1.29 is 0 Å². The van der Waals surface area contributed by atoms with Crippen LogP contribution in [0.3, 0.4) is 0 Å². The molecule has 0 bridgehead atoms. The Balaban J connectivity index is 3.19. The van der Waals surface area contributed by atoms with E-state index >= 15 is 0 Å². The molecule has 0 unspecified atom stereocenters. The maximum absolute atomic E-state index is 8.21. The first-order valence-corrected chi connectivity index (χ1v) is 3.75. The average molecular weight is 174 g/mol. The van der Waals surface area contributed by atoms with Crippen LogP contribution in [0.5, 0.6) is 0 Å². The summed E-state index contributed by atoms with van der Waals surface area (Å²) >= 11 is 0. The van der Waals surface area contributed by atoms with Crippen LogP contribution in [0.1, 0.15) is 12.5 Å². The van der Waals surface area contributed by atoms with Crippen molar-refractivity contribution in [3.63, 3.8) is 0 Å². The van der Waals surface area contributed by atoms with Crippen LogP contribution in [0.25, 0.3) is 16.0 Å². The van der Waals surface area contributed by atoms with Gasteiger partial charge in [-0.05, 0) is 30.2 Å². The Hall–Kier alpha value is -1.93. The van der Waals surface area contributed by atoms with Crippen LogP contribution in [-0.2, 0) is 0 Å². The zero-order valence-corrected chi connectivity index (χ0v) is 7.36. The van der Waals surface area contributed by atoms with Gasteiger partial charge < -0.3 is 5.73 Å². The Morgan fingerprint density at radius 1 is 1.62 bits per heavy atom. The zero-order valence-electron chi connectivity index (χ0n) is 7.36. The van der Waals surface area contributed by atoms with Gasteiger partial charge in [-0.2, -0.15) is 0 Å². The molecule has 0 saturated heterocycles. The Morgan fingerprint density at radius 2 is 2.31 bits per heavy atom. The van der Waals surface area contributed by atoms with Gasteiger partial charge in [0.15, 0.2) is 0 Å². The van der Waals surface area contributed by atoms with Crippen molar-refractivity contribution in [1.82, 2.24) is 0 Å². The summed E-state index contributed by atoms with van der Waals surface area (Å²) in [5.74, 6) is 0. The topological polar surface area (TPSA) is 74.8 Å². The van der Waals surface area contributed by atoms with Gasteiger partial charge in [-0.3, -0.25) is 0 Å². The van der Waals surface area contributed by atoms with Gasteiger partial charge >= 0.3 is 0 Å². The highest BCUT2D eigenvalue weighted by molar-refractivity contribution is 5.71. The first-order chi connectivity index (χ1) is 6.15. The molecule has 0 aliphatic heterocycles. The molecule has 0 spiro atoms. The van der Waals surface area contributed by atoms with Gasteiger partial charge in [0.05, 0.1) is 5.69 Å². The summed E-state index contributed by atoms with van der Waals surface area (Å²) in [4.78, 5) is 2.66. The van der Waals surface area contributed by atoms with Crippen molar-refractivity contribution in [3.05, 3.63) is 40.8 Å². The van der Waals surface area contributed by atoms with Crippen LogP contribution in [-0.4, -0.2) is 0 Å². The highest BCUT2D eigenvalue weighted by Gasteiger charge is 1.98. The lowest BCUT2D eigenvalue weighted by Crippen LogP contribution is -1.87. The third-order valence-corrected chi connectivity index (χ3v) is 1.67. The normalized spacial score (nSPS) is 9.00. The predicted octanol–water partition coefficient (Wildman–Crippen LogP) is 3.24. The van der Waals surface area contributed by atoms with E-state index in [-0.39, 0.29) is 0 Å². The highest BCUT2D eigenvalue weighted by Crippen LogP contribution is 2.25. The van der Waals surface area contributed by atoms with E-state index in [1.165, 1.54) is 0 Å². The van der Waals surface area contributed by atoms with Crippen LogP contribution < -0.4 is 5.73 Å². The molecule has 0 aromatic heterocycles. The van der Waals surface area contributed by atoms with Crippen molar-refractivity contribution in [2.45, 2.75) is 6.92 Å². The molecule has 2 N–H and O–H groups in total. The second kappa shape index (κ2) is 3.65.